The van der Waals surface area contributed by atoms with Gasteiger partial charge in [-0.1, -0.05) is 316 Å². The lowest BCUT2D eigenvalue weighted by atomic mass is 9.90. The largest absolute Gasteiger partial charge is 0.205 e. The lowest BCUT2D eigenvalue weighted by Crippen LogP contribution is -2.33. The van der Waals surface area contributed by atoms with Crippen LogP contribution >= 0.6 is 0 Å². The van der Waals surface area contributed by atoms with E-state index in [0.717, 1.165) is 5.92 Å². The Kier molecular flexibility index (Phi) is 47.8. The molecule has 1 heteroatoms. The van der Waals surface area contributed by atoms with Gasteiger partial charge in [-0.05, 0) is 31.2 Å². The average molecular weight is 852 g/mol. The summed E-state index contributed by atoms with van der Waals surface area (Å²) in [6.45, 7) is 8.17. The van der Waals surface area contributed by atoms with Crippen LogP contribution in [0.25, 0.3) is 0 Å². The summed E-state index contributed by atoms with van der Waals surface area (Å²) in [7, 11) is 0. The first-order valence-corrected chi connectivity index (χ1v) is 29.3. The highest BCUT2D eigenvalue weighted by atomic mass is 14.9. The molecule has 0 aliphatic rings. The summed E-state index contributed by atoms with van der Waals surface area (Å²) < 4.78 is 2.53. The molecule has 1 rings (SSSR count). The van der Waals surface area contributed by atoms with Crippen molar-refractivity contribution in [3.63, 3.8) is 0 Å². The van der Waals surface area contributed by atoms with Crippen molar-refractivity contribution in [3.8, 4) is 0 Å². The number of aryl methyl sites for hydroxylation is 2. The molecule has 1 atom stereocenters. The Balaban J connectivity index is 2.21. The molecule has 360 valence electrons. The van der Waals surface area contributed by atoms with Gasteiger partial charge in [0.05, 0.1) is 0 Å². The lowest BCUT2D eigenvalue weighted by Gasteiger charge is -2.16. The maximum atomic E-state index is 2.53. The van der Waals surface area contributed by atoms with Crippen molar-refractivity contribution in [1.82, 2.24) is 0 Å². The summed E-state index contributed by atoms with van der Waals surface area (Å²) in [4.78, 5) is 0. The minimum absolute atomic E-state index is 0.952. The van der Waals surface area contributed by atoms with E-state index in [2.05, 4.69) is 49.9 Å². The third-order valence-corrected chi connectivity index (χ3v) is 14.4. The number of rotatable bonds is 52. The molecule has 0 radical (unpaired) electrons. The molecule has 0 bridgehead atoms. The molecule has 0 aromatic carbocycles. The highest BCUT2D eigenvalue weighted by Crippen LogP contribution is 2.24. The van der Waals surface area contributed by atoms with Gasteiger partial charge in [-0.2, -0.15) is 0 Å². The molecule has 0 N–H and O–H groups in total. The quantitative estimate of drug-likeness (QED) is 0.0454. The molecule has 0 saturated heterocycles. The highest BCUT2D eigenvalue weighted by molar-refractivity contribution is 5.05. The molecule has 1 unspecified atom stereocenters. The van der Waals surface area contributed by atoms with Crippen molar-refractivity contribution in [3.05, 3.63) is 30.1 Å². The van der Waals surface area contributed by atoms with Gasteiger partial charge < -0.3 is 0 Å². The van der Waals surface area contributed by atoms with Crippen molar-refractivity contribution in [2.45, 2.75) is 348 Å². The predicted molar refractivity (Wildman–Crippen MR) is 277 cm³/mol. The Labute approximate surface area is 387 Å². The number of nitrogens with zero attached hydrogens (tertiary/aromatic N) is 1. The van der Waals surface area contributed by atoms with Crippen LogP contribution in [0.3, 0.4) is 0 Å². The smallest absolute Gasteiger partial charge is 0.171 e. The van der Waals surface area contributed by atoms with E-state index in [4.69, 9.17) is 0 Å². The molecule has 0 fully saturated rings. The first kappa shape index (κ1) is 58.2. The number of aromatic nitrogens is 1. The number of pyridine rings is 1. The van der Waals surface area contributed by atoms with Gasteiger partial charge >= 0.3 is 0 Å². The molecule has 1 heterocycles. The Hall–Kier alpha value is -0.850. The van der Waals surface area contributed by atoms with E-state index >= 15 is 0 Å². The molecule has 0 amide bonds. The molecule has 1 aromatic heterocycles. The van der Waals surface area contributed by atoms with E-state index in [-0.39, 0.29) is 0 Å². The normalized spacial score (nSPS) is 12.2. The van der Waals surface area contributed by atoms with Crippen LogP contribution in [-0.2, 0) is 13.0 Å². The summed E-state index contributed by atoms with van der Waals surface area (Å²) in [5.74, 6) is 0.952. The van der Waals surface area contributed by atoms with Crippen LogP contribution in [-0.4, -0.2) is 0 Å². The number of unbranched alkanes of at least 4 members (excludes halogenated alkanes) is 42. The van der Waals surface area contributed by atoms with E-state index in [0.29, 0.717) is 0 Å². The van der Waals surface area contributed by atoms with Crippen LogP contribution < -0.4 is 4.57 Å². The summed E-state index contributed by atoms with van der Waals surface area (Å²) in [5.41, 5.74) is 1.56. The predicted octanol–water partition coefficient (Wildman–Crippen LogP) is 21.3. The van der Waals surface area contributed by atoms with Gasteiger partial charge in [0.25, 0.3) is 0 Å². The summed E-state index contributed by atoms with van der Waals surface area (Å²) in [6, 6.07) is 4.71. The first-order valence-electron chi connectivity index (χ1n) is 29.3. The van der Waals surface area contributed by atoms with Gasteiger partial charge in [-0.25, -0.2) is 4.57 Å². The molecule has 0 saturated carbocycles. The van der Waals surface area contributed by atoms with Gasteiger partial charge in [-0.15, -0.1) is 0 Å². The number of hydrogen-bond donors (Lipinski definition) is 0. The second kappa shape index (κ2) is 50.2. The zero-order chi connectivity index (χ0) is 43.6. The van der Waals surface area contributed by atoms with E-state index in [9.17, 15) is 0 Å². The Bertz CT molecular complexity index is 937. The van der Waals surface area contributed by atoms with Gasteiger partial charge in [0, 0.05) is 18.1 Å². The van der Waals surface area contributed by atoms with Crippen molar-refractivity contribution in [2.75, 3.05) is 0 Å². The van der Waals surface area contributed by atoms with Crippen molar-refractivity contribution >= 4 is 0 Å². The highest BCUT2D eigenvalue weighted by Gasteiger charge is 2.11. The third kappa shape index (κ3) is 44.1. The maximum Gasteiger partial charge on any atom is 0.171 e. The van der Waals surface area contributed by atoms with Gasteiger partial charge in [0.15, 0.2) is 12.4 Å². The van der Waals surface area contributed by atoms with Crippen LogP contribution in [0, 0.1) is 5.92 Å². The van der Waals surface area contributed by atoms with Crippen LogP contribution in [0.15, 0.2) is 24.5 Å². The molecular weight excluding hydrogens is 735 g/mol. The van der Waals surface area contributed by atoms with E-state index < -0.39 is 0 Å². The summed E-state index contributed by atoms with van der Waals surface area (Å²) in [6.07, 6.45) is 77.6. The fourth-order valence-electron chi connectivity index (χ4n) is 10.2. The average Bonchev–Trinajstić information content (AvgIpc) is 3.27. The zero-order valence-electron chi connectivity index (χ0n) is 42.9. The van der Waals surface area contributed by atoms with Crippen LogP contribution in [0.1, 0.15) is 341 Å². The monoisotopic (exact) mass is 851 g/mol. The van der Waals surface area contributed by atoms with E-state index in [1.165, 1.54) is 328 Å². The van der Waals surface area contributed by atoms with Crippen molar-refractivity contribution in [2.24, 2.45) is 5.92 Å². The summed E-state index contributed by atoms with van der Waals surface area (Å²) in [5, 5.41) is 0. The molecular formula is C60H116N+. The molecule has 0 aliphatic heterocycles. The Morgan fingerprint density at radius 3 is 0.885 bits per heavy atom. The molecule has 1 nitrogen and oxygen atoms in total. The molecule has 61 heavy (non-hydrogen) atoms. The lowest BCUT2D eigenvalue weighted by molar-refractivity contribution is -0.697. The minimum atomic E-state index is 0.952. The van der Waals surface area contributed by atoms with Gasteiger partial charge in [0.2, 0.25) is 0 Å². The van der Waals surface area contributed by atoms with E-state index in [1.807, 2.05) is 0 Å². The summed E-state index contributed by atoms with van der Waals surface area (Å²) >= 11 is 0. The fraction of sp³-hybridized carbons (Fsp3) is 0.917. The topological polar surface area (TPSA) is 3.88 Å². The van der Waals surface area contributed by atoms with Crippen molar-refractivity contribution in [1.29, 1.82) is 0 Å². The van der Waals surface area contributed by atoms with Gasteiger partial charge in [0.1, 0.15) is 6.54 Å². The standard InChI is InChI=1S/C60H116N/c1-4-7-10-13-16-19-22-24-26-28-30-32-35-38-41-44-47-52-59(51-46-43-40-37-34-21-18-15-12-9-6-3)54-49-56-61-57-50-55-60(58-61)53-48-45-42-39-36-33-31-29-27-25-23-20-17-14-11-8-5-2/h50,55,57-59H,4-49,51-54,56H2,1-3H3/q+1. The zero-order valence-corrected chi connectivity index (χ0v) is 42.9. The van der Waals surface area contributed by atoms with Gasteiger partial charge in [-0.3, -0.25) is 0 Å². The third-order valence-electron chi connectivity index (χ3n) is 14.4. The Morgan fingerprint density at radius 2 is 0.574 bits per heavy atom. The number of hydrogen-bond acceptors (Lipinski definition) is 0. The molecule has 0 spiro atoms. The minimum Gasteiger partial charge on any atom is -0.205 e. The molecule has 0 aliphatic carbocycles. The molecule has 1 aromatic rings. The Morgan fingerprint density at radius 1 is 0.311 bits per heavy atom. The SMILES string of the molecule is CCCCCCCCCCCCCCCCCCCc1ccc[n+](CCCC(CCCCCCCCCCCCC)CCCCCCCCCCCCCCCCCCC)c1. The van der Waals surface area contributed by atoms with Crippen LogP contribution in [0.4, 0.5) is 0 Å². The van der Waals surface area contributed by atoms with E-state index in [1.54, 1.807) is 5.56 Å². The maximum absolute atomic E-state index is 2.53. The fourth-order valence-corrected chi connectivity index (χ4v) is 10.2. The second-order valence-electron chi connectivity index (χ2n) is 20.6. The first-order chi connectivity index (χ1) is 30.3. The van der Waals surface area contributed by atoms with Crippen molar-refractivity contribution < 1.29 is 4.57 Å². The second-order valence-corrected chi connectivity index (χ2v) is 20.6. The van der Waals surface area contributed by atoms with Crippen LogP contribution in [0.5, 0.6) is 0 Å². The van der Waals surface area contributed by atoms with Crippen LogP contribution in [0.2, 0.25) is 0 Å².